The average molecular weight is 191 g/mol. The smallest absolute Gasteiger partial charge is 0.0643 e. The molecule has 0 amide bonds. The Morgan fingerprint density at radius 1 is 1.50 bits per heavy atom. The van der Waals surface area contributed by atoms with Crippen LogP contribution in [0, 0.1) is 10.8 Å². The van der Waals surface area contributed by atoms with E-state index in [0.29, 0.717) is 23.4 Å². The number of rotatable bonds is 2. The first kappa shape index (κ1) is 12.5. The van der Waals surface area contributed by atoms with Crippen LogP contribution in [-0.4, -0.2) is 17.6 Å². The summed E-state index contributed by atoms with van der Waals surface area (Å²) in [4.78, 5) is 3.88. The van der Waals surface area contributed by atoms with Crippen molar-refractivity contribution in [1.82, 2.24) is 0 Å². The summed E-state index contributed by atoms with van der Waals surface area (Å²) in [5.41, 5.74) is 1.66. The molecule has 0 spiro atoms. The van der Waals surface area contributed by atoms with Crippen molar-refractivity contribution in [2.24, 2.45) is 4.99 Å². The van der Waals surface area contributed by atoms with Crippen molar-refractivity contribution in [3.05, 3.63) is 23.9 Å². The monoisotopic (exact) mass is 191 g/mol. The van der Waals surface area contributed by atoms with Crippen LogP contribution < -0.4 is 0 Å². The third-order valence-electron chi connectivity index (χ3n) is 1.56. The van der Waals surface area contributed by atoms with Crippen LogP contribution in [-0.2, 0) is 0 Å². The Balaban J connectivity index is 0.000000791. The van der Waals surface area contributed by atoms with Gasteiger partial charge in [-0.15, -0.1) is 0 Å². The van der Waals surface area contributed by atoms with Crippen molar-refractivity contribution in [2.75, 3.05) is 0 Å². The topological polar surface area (TPSA) is 60.1 Å². The molecule has 0 atom stereocenters. The Bertz CT molecular complexity index is 296. The number of aliphatic imine (C=N–C) groups is 1. The van der Waals surface area contributed by atoms with E-state index in [0.717, 1.165) is 0 Å². The molecule has 0 aromatic rings. The summed E-state index contributed by atoms with van der Waals surface area (Å²) in [5, 5.41) is 14.9. The average Bonchev–Trinajstić information content (AvgIpc) is 2.24. The fourth-order valence-electron chi connectivity index (χ4n) is 0.811. The molecule has 0 aliphatic carbocycles. The number of allylic oxidation sites excluding steroid dienone is 3. The van der Waals surface area contributed by atoms with E-state index in [-0.39, 0.29) is 0 Å². The minimum absolute atomic E-state index is 0.420. The summed E-state index contributed by atoms with van der Waals surface area (Å²) in [6.07, 6.45) is 7.17. The van der Waals surface area contributed by atoms with Crippen LogP contribution in [0.4, 0.5) is 0 Å². The number of nitrogens with zero attached hydrogens (tertiary/aromatic N) is 1. The third-order valence-corrected chi connectivity index (χ3v) is 1.56. The highest BCUT2D eigenvalue weighted by molar-refractivity contribution is 6.24. The van der Waals surface area contributed by atoms with Gasteiger partial charge >= 0.3 is 0 Å². The van der Waals surface area contributed by atoms with Crippen LogP contribution in [0.25, 0.3) is 0 Å². The van der Waals surface area contributed by atoms with Crippen LogP contribution in [0.1, 0.15) is 27.2 Å². The summed E-state index contributed by atoms with van der Waals surface area (Å²) in [6, 6.07) is 0. The quantitative estimate of drug-likeness (QED) is 0.630. The molecule has 0 aromatic carbocycles. The van der Waals surface area contributed by atoms with Crippen molar-refractivity contribution in [1.29, 1.82) is 10.8 Å². The maximum atomic E-state index is 7.47. The van der Waals surface area contributed by atoms with Gasteiger partial charge in [-0.25, -0.2) is 0 Å². The Kier molecular flexibility index (Phi) is 6.20. The molecule has 14 heavy (non-hydrogen) atoms. The molecule has 3 nitrogen and oxygen atoms in total. The van der Waals surface area contributed by atoms with Crippen molar-refractivity contribution >= 4 is 17.6 Å². The van der Waals surface area contributed by atoms with E-state index < -0.39 is 0 Å². The van der Waals surface area contributed by atoms with Gasteiger partial charge in [-0.05, 0) is 18.6 Å². The van der Waals surface area contributed by atoms with Crippen LogP contribution in [0.2, 0.25) is 0 Å². The van der Waals surface area contributed by atoms with Crippen LogP contribution in [0.15, 0.2) is 28.9 Å². The molecule has 76 valence electrons. The van der Waals surface area contributed by atoms with E-state index in [1.165, 1.54) is 0 Å². The Morgan fingerprint density at radius 2 is 2.14 bits per heavy atom. The summed E-state index contributed by atoms with van der Waals surface area (Å²) < 4.78 is 0. The highest BCUT2D eigenvalue weighted by atomic mass is 14.7. The second kappa shape index (κ2) is 6.95. The second-order valence-corrected chi connectivity index (χ2v) is 2.49. The lowest BCUT2D eigenvalue weighted by Crippen LogP contribution is -2.04. The van der Waals surface area contributed by atoms with Gasteiger partial charge in [0.05, 0.1) is 5.71 Å². The summed E-state index contributed by atoms with van der Waals surface area (Å²) in [5.74, 6) is 0. The zero-order valence-corrected chi connectivity index (χ0v) is 8.96. The molecule has 1 aliphatic heterocycles. The largest absolute Gasteiger partial charge is 0.305 e. The van der Waals surface area contributed by atoms with Crippen LogP contribution in [0.5, 0.6) is 0 Å². The standard InChI is InChI=1S/C9H11N3.C2H6/c1-2-8(10)5-7-6-12-4-3-9(7)11;1-2/h3-6,10-11H,2H2,1H3;1-2H3/b7-5-,10-8?,11-9?;. The molecule has 0 bridgehead atoms. The maximum Gasteiger partial charge on any atom is 0.0643 e. The second-order valence-electron chi connectivity index (χ2n) is 2.49. The van der Waals surface area contributed by atoms with E-state index in [9.17, 15) is 0 Å². The van der Waals surface area contributed by atoms with Gasteiger partial charge in [-0.3, -0.25) is 4.99 Å². The first-order valence-corrected chi connectivity index (χ1v) is 4.82. The molecule has 0 unspecified atom stereocenters. The first-order valence-electron chi connectivity index (χ1n) is 4.82. The molecule has 0 radical (unpaired) electrons. The molecule has 3 heteroatoms. The molecule has 1 rings (SSSR count). The lowest BCUT2D eigenvalue weighted by atomic mass is 10.1. The van der Waals surface area contributed by atoms with Crippen molar-refractivity contribution in [3.8, 4) is 0 Å². The SMILES string of the molecule is CC.CCC(=N)/C=C1/C=NC=CC1=N. The van der Waals surface area contributed by atoms with Gasteiger partial charge in [0, 0.05) is 23.7 Å². The minimum atomic E-state index is 0.420. The molecule has 0 fully saturated rings. The zero-order chi connectivity index (χ0) is 11.0. The lowest BCUT2D eigenvalue weighted by molar-refractivity contribution is 1.25. The van der Waals surface area contributed by atoms with E-state index in [2.05, 4.69) is 4.99 Å². The number of nitrogens with one attached hydrogen (secondary N) is 2. The van der Waals surface area contributed by atoms with Crippen molar-refractivity contribution < 1.29 is 0 Å². The Labute approximate surface area is 85.3 Å². The Morgan fingerprint density at radius 3 is 2.64 bits per heavy atom. The normalized spacial score (nSPS) is 16.5. The fraction of sp³-hybridized carbons (Fsp3) is 0.364. The highest BCUT2D eigenvalue weighted by Gasteiger charge is 2.02. The molecule has 1 aliphatic rings. The Hall–Kier alpha value is -1.51. The molecular weight excluding hydrogens is 174 g/mol. The summed E-state index contributed by atoms with van der Waals surface area (Å²) in [6.45, 7) is 5.92. The predicted octanol–water partition coefficient (Wildman–Crippen LogP) is 2.99. The molecule has 0 saturated heterocycles. The van der Waals surface area contributed by atoms with Crippen molar-refractivity contribution in [2.45, 2.75) is 27.2 Å². The minimum Gasteiger partial charge on any atom is -0.305 e. The van der Waals surface area contributed by atoms with Gasteiger partial charge in [-0.2, -0.15) is 0 Å². The fourth-order valence-corrected chi connectivity index (χ4v) is 0.811. The van der Waals surface area contributed by atoms with E-state index in [1.807, 2.05) is 20.8 Å². The number of hydrogen-bond donors (Lipinski definition) is 2. The lowest BCUT2D eigenvalue weighted by Gasteiger charge is -2.02. The maximum absolute atomic E-state index is 7.47. The van der Waals surface area contributed by atoms with Gasteiger partial charge in [0.15, 0.2) is 0 Å². The van der Waals surface area contributed by atoms with E-state index >= 15 is 0 Å². The highest BCUT2D eigenvalue weighted by Crippen LogP contribution is 2.02. The molecular formula is C11H17N3. The van der Waals surface area contributed by atoms with Gasteiger partial charge in [0.1, 0.15) is 0 Å². The van der Waals surface area contributed by atoms with Gasteiger partial charge < -0.3 is 10.8 Å². The van der Waals surface area contributed by atoms with Gasteiger partial charge in [-0.1, -0.05) is 20.8 Å². The van der Waals surface area contributed by atoms with E-state index in [1.54, 1.807) is 24.6 Å². The molecule has 0 aromatic heterocycles. The first-order chi connectivity index (χ1) is 6.74. The third kappa shape index (κ3) is 3.94. The van der Waals surface area contributed by atoms with E-state index in [4.69, 9.17) is 10.8 Å². The van der Waals surface area contributed by atoms with Crippen LogP contribution >= 0.6 is 0 Å². The summed E-state index contributed by atoms with van der Waals surface area (Å²) in [7, 11) is 0. The number of hydrogen-bond acceptors (Lipinski definition) is 3. The zero-order valence-electron chi connectivity index (χ0n) is 8.96. The summed E-state index contributed by atoms with van der Waals surface area (Å²) >= 11 is 0. The molecule has 1 heterocycles. The predicted molar refractivity (Wildman–Crippen MR) is 62.8 cm³/mol. The van der Waals surface area contributed by atoms with Gasteiger partial charge in [0.2, 0.25) is 0 Å². The van der Waals surface area contributed by atoms with Crippen LogP contribution in [0.3, 0.4) is 0 Å². The van der Waals surface area contributed by atoms with Gasteiger partial charge in [0.25, 0.3) is 0 Å². The molecule has 2 N–H and O–H groups in total. The molecule has 0 saturated carbocycles. The van der Waals surface area contributed by atoms with Crippen molar-refractivity contribution in [3.63, 3.8) is 0 Å².